The van der Waals surface area contributed by atoms with Gasteiger partial charge in [-0.25, -0.2) is 0 Å². The van der Waals surface area contributed by atoms with Crippen LogP contribution in [-0.4, -0.2) is 22.9 Å². The van der Waals surface area contributed by atoms with Crippen LogP contribution in [0.2, 0.25) is 0 Å². The van der Waals surface area contributed by atoms with E-state index in [1.165, 1.54) is 0 Å². The van der Waals surface area contributed by atoms with Crippen molar-refractivity contribution in [1.29, 1.82) is 0 Å². The first-order valence-electron chi connectivity index (χ1n) is 3.81. The topological polar surface area (TPSA) is 21.8 Å². The molecule has 0 bridgehead atoms. The molecule has 0 N–H and O–H groups in total. The second-order valence-corrected chi connectivity index (χ2v) is 3.77. The second kappa shape index (κ2) is 4.42. The van der Waals surface area contributed by atoms with Gasteiger partial charge in [0.15, 0.2) is 0 Å². The molecule has 1 heterocycles. The van der Waals surface area contributed by atoms with Crippen LogP contribution >= 0.6 is 22.6 Å². The molecule has 1 rings (SSSR count). The average Bonchev–Trinajstić information content (AvgIpc) is 2.78. The summed E-state index contributed by atoms with van der Waals surface area (Å²) in [4.78, 5) is 0. The Kier molecular flexibility index (Phi) is 3.81. The third-order valence-electron chi connectivity index (χ3n) is 1.70. The fourth-order valence-corrected chi connectivity index (χ4v) is 1.15. The maximum Gasteiger partial charge on any atom is 0.126 e. The lowest BCUT2D eigenvalue weighted by atomic mass is 10.3. The van der Waals surface area contributed by atoms with Crippen LogP contribution in [0, 0.1) is 0 Å². The second-order valence-electron chi connectivity index (χ2n) is 2.54. The van der Waals surface area contributed by atoms with Crippen LogP contribution in [0.4, 0.5) is 0 Å². The molecule has 0 amide bonds. The van der Waals surface area contributed by atoms with Crippen LogP contribution in [0.1, 0.15) is 13.3 Å². The molecule has 0 aliphatic carbocycles. The molecule has 0 spiro atoms. The van der Waals surface area contributed by atoms with E-state index in [4.69, 9.17) is 9.47 Å². The number of halogens is 1. The van der Waals surface area contributed by atoms with E-state index >= 15 is 0 Å². The minimum atomic E-state index is 0.120. The molecule has 11 heavy (non-hydrogen) atoms. The van der Waals surface area contributed by atoms with E-state index < -0.39 is 0 Å². The van der Waals surface area contributed by atoms with Gasteiger partial charge in [0.05, 0.1) is 12.7 Å². The zero-order valence-corrected chi connectivity index (χ0v) is 8.78. The zero-order chi connectivity index (χ0) is 8.27. The van der Waals surface area contributed by atoms with Crippen LogP contribution < -0.4 is 0 Å². The quantitative estimate of drug-likeness (QED) is 0.330. The van der Waals surface area contributed by atoms with E-state index in [0.717, 1.165) is 6.42 Å². The van der Waals surface area contributed by atoms with E-state index in [1.807, 2.05) is 0 Å². The monoisotopic (exact) mass is 268 g/mol. The van der Waals surface area contributed by atoms with Gasteiger partial charge in [0, 0.05) is 0 Å². The highest BCUT2D eigenvalue weighted by Gasteiger charge is 2.37. The zero-order valence-electron chi connectivity index (χ0n) is 6.63. The van der Waals surface area contributed by atoms with Gasteiger partial charge in [-0.15, -0.1) is 0 Å². The van der Waals surface area contributed by atoms with Gasteiger partial charge in [-0.05, 0) is 29.0 Å². The van der Waals surface area contributed by atoms with Crippen molar-refractivity contribution in [1.82, 2.24) is 0 Å². The Balaban J connectivity index is 2.01. The van der Waals surface area contributed by atoms with Gasteiger partial charge < -0.3 is 9.47 Å². The summed E-state index contributed by atoms with van der Waals surface area (Å²) < 4.78 is 10.8. The predicted octanol–water partition coefficient (Wildman–Crippen LogP) is 2.13. The molecule has 2 nitrogen and oxygen atoms in total. The molecule has 64 valence electrons. The Morgan fingerprint density at radius 2 is 2.45 bits per heavy atom. The van der Waals surface area contributed by atoms with Gasteiger partial charge in [-0.1, -0.05) is 19.6 Å². The van der Waals surface area contributed by atoms with Crippen molar-refractivity contribution in [3.05, 3.63) is 12.7 Å². The lowest BCUT2D eigenvalue weighted by Crippen LogP contribution is -2.08. The highest BCUT2D eigenvalue weighted by Crippen LogP contribution is 2.25. The fraction of sp³-hybridized carbons (Fsp3) is 0.750. The number of rotatable bonds is 5. The molecule has 3 heteroatoms. The lowest BCUT2D eigenvalue weighted by Gasteiger charge is -2.03. The Morgan fingerprint density at radius 3 is 2.91 bits per heavy atom. The fourth-order valence-electron chi connectivity index (χ4n) is 0.940. The standard InChI is InChI=1S/C8H13IO2/c1-3-6-7(11-6)5-10-8(9)4-2/h4,6-8H,2-3,5H2,1H3. The van der Waals surface area contributed by atoms with Crippen molar-refractivity contribution in [2.75, 3.05) is 6.61 Å². The maximum absolute atomic E-state index is 5.39. The van der Waals surface area contributed by atoms with Crippen molar-refractivity contribution in [2.45, 2.75) is 29.7 Å². The molecule has 0 aromatic carbocycles. The molecule has 1 aliphatic heterocycles. The molecule has 1 saturated heterocycles. The number of hydrogen-bond acceptors (Lipinski definition) is 2. The highest BCUT2D eigenvalue weighted by atomic mass is 127. The number of alkyl halides is 1. The van der Waals surface area contributed by atoms with Crippen molar-refractivity contribution in [3.63, 3.8) is 0 Å². The summed E-state index contributed by atoms with van der Waals surface area (Å²) in [5.74, 6) is 0. The smallest absolute Gasteiger partial charge is 0.126 e. The third-order valence-corrected chi connectivity index (χ3v) is 2.56. The number of ether oxygens (including phenoxy) is 2. The highest BCUT2D eigenvalue weighted by molar-refractivity contribution is 14.1. The van der Waals surface area contributed by atoms with Crippen molar-refractivity contribution in [2.24, 2.45) is 0 Å². The molecule has 3 unspecified atom stereocenters. The molecule has 0 aromatic heterocycles. The van der Waals surface area contributed by atoms with Crippen LogP contribution in [-0.2, 0) is 9.47 Å². The van der Waals surface area contributed by atoms with Gasteiger partial charge >= 0.3 is 0 Å². The lowest BCUT2D eigenvalue weighted by molar-refractivity contribution is 0.130. The molecule has 0 radical (unpaired) electrons. The molecule has 0 saturated carbocycles. The van der Waals surface area contributed by atoms with Crippen LogP contribution in [0.15, 0.2) is 12.7 Å². The normalized spacial score (nSPS) is 31.5. The molecule has 3 atom stereocenters. The first-order chi connectivity index (χ1) is 5.27. The Labute approximate surface area is 81.1 Å². The van der Waals surface area contributed by atoms with E-state index in [-0.39, 0.29) is 4.11 Å². The number of epoxide rings is 1. The van der Waals surface area contributed by atoms with Crippen molar-refractivity contribution in [3.8, 4) is 0 Å². The van der Waals surface area contributed by atoms with Gasteiger partial charge in [0.2, 0.25) is 0 Å². The molecule has 0 aromatic rings. The minimum absolute atomic E-state index is 0.120. The number of hydrogen-bond donors (Lipinski definition) is 0. The third kappa shape index (κ3) is 3.09. The largest absolute Gasteiger partial charge is 0.367 e. The average molecular weight is 268 g/mol. The van der Waals surface area contributed by atoms with E-state index in [0.29, 0.717) is 18.8 Å². The van der Waals surface area contributed by atoms with Gasteiger partial charge in [-0.3, -0.25) is 0 Å². The Hall–Kier alpha value is 0.390. The van der Waals surface area contributed by atoms with Crippen LogP contribution in [0.25, 0.3) is 0 Å². The summed E-state index contributed by atoms with van der Waals surface area (Å²) in [6.07, 6.45) is 3.67. The summed E-state index contributed by atoms with van der Waals surface area (Å²) in [6, 6.07) is 0. The Bertz CT molecular complexity index is 138. The van der Waals surface area contributed by atoms with Gasteiger partial charge in [-0.2, -0.15) is 0 Å². The van der Waals surface area contributed by atoms with Crippen LogP contribution in [0.5, 0.6) is 0 Å². The van der Waals surface area contributed by atoms with Gasteiger partial charge in [0.25, 0.3) is 0 Å². The minimum Gasteiger partial charge on any atom is -0.367 e. The van der Waals surface area contributed by atoms with E-state index in [2.05, 4.69) is 36.1 Å². The van der Waals surface area contributed by atoms with Crippen LogP contribution in [0.3, 0.4) is 0 Å². The van der Waals surface area contributed by atoms with Crippen molar-refractivity contribution >= 4 is 22.6 Å². The summed E-state index contributed by atoms with van der Waals surface area (Å²) in [7, 11) is 0. The molecule has 1 fully saturated rings. The van der Waals surface area contributed by atoms with E-state index in [1.54, 1.807) is 6.08 Å². The Morgan fingerprint density at radius 1 is 1.73 bits per heavy atom. The molecular formula is C8H13IO2. The SMILES string of the molecule is C=CC(I)OCC1OC1CC. The van der Waals surface area contributed by atoms with Gasteiger partial charge in [0.1, 0.15) is 10.2 Å². The summed E-state index contributed by atoms with van der Waals surface area (Å²) in [6.45, 7) is 6.46. The summed E-state index contributed by atoms with van der Waals surface area (Å²) in [5, 5.41) is 0. The van der Waals surface area contributed by atoms with E-state index in [9.17, 15) is 0 Å². The first-order valence-corrected chi connectivity index (χ1v) is 5.06. The predicted molar refractivity (Wildman–Crippen MR) is 52.9 cm³/mol. The summed E-state index contributed by atoms with van der Waals surface area (Å²) >= 11 is 2.19. The first kappa shape index (κ1) is 9.48. The maximum atomic E-state index is 5.39. The molecular weight excluding hydrogens is 255 g/mol. The molecule has 1 aliphatic rings. The summed E-state index contributed by atoms with van der Waals surface area (Å²) in [5.41, 5.74) is 0. The van der Waals surface area contributed by atoms with Crippen molar-refractivity contribution < 1.29 is 9.47 Å².